The number of carbonyl (C=O) groups is 2. The molecule has 0 heterocycles. The fraction of sp³-hybridized carbons (Fsp3) is 0.154. The van der Waals surface area contributed by atoms with Crippen molar-refractivity contribution in [3.63, 3.8) is 0 Å². The van der Waals surface area contributed by atoms with Gasteiger partial charge in [-0.2, -0.15) is 10.4 Å². The molecule has 0 fully saturated rings. The van der Waals surface area contributed by atoms with Crippen molar-refractivity contribution in [2.75, 3.05) is 13.7 Å². The molecule has 3 rings (SSSR count). The monoisotopic (exact) mass is 534 g/mol. The van der Waals surface area contributed by atoms with Crippen LogP contribution in [0.2, 0.25) is 0 Å². The largest absolute Gasteiger partial charge is 0.497 e. The minimum absolute atomic E-state index is 0.158. The van der Waals surface area contributed by atoms with Crippen LogP contribution in [0.1, 0.15) is 22.3 Å². The number of nitriles is 1. The Morgan fingerprint density at radius 3 is 2.57 bits per heavy atom. The van der Waals surface area contributed by atoms with Crippen LogP contribution < -0.4 is 20.2 Å². The number of methoxy groups -OCH3 is 1. The van der Waals surface area contributed by atoms with Crippen LogP contribution in [-0.2, 0) is 22.6 Å². The summed E-state index contributed by atoms with van der Waals surface area (Å²) in [5.41, 5.74) is 5.29. The Labute approximate surface area is 211 Å². The molecule has 0 radical (unpaired) electrons. The van der Waals surface area contributed by atoms with E-state index in [1.165, 1.54) is 6.21 Å². The van der Waals surface area contributed by atoms with Crippen LogP contribution in [0.4, 0.5) is 0 Å². The Balaban J connectivity index is 1.43. The summed E-state index contributed by atoms with van der Waals surface area (Å²) in [6.07, 6.45) is 1.64. The molecule has 2 amide bonds. The number of hydrogen-bond acceptors (Lipinski definition) is 6. The highest BCUT2D eigenvalue weighted by atomic mass is 79.9. The topological polar surface area (TPSA) is 113 Å². The summed E-state index contributed by atoms with van der Waals surface area (Å²) in [7, 11) is 1.57. The number of hydrazone groups is 1. The Hall–Kier alpha value is -4.16. The van der Waals surface area contributed by atoms with Crippen LogP contribution in [0, 0.1) is 11.3 Å². The van der Waals surface area contributed by atoms with Crippen molar-refractivity contribution in [1.29, 1.82) is 5.26 Å². The molecule has 35 heavy (non-hydrogen) atoms. The lowest BCUT2D eigenvalue weighted by Gasteiger charge is -2.10. The second kappa shape index (κ2) is 12.9. The number of rotatable bonds is 10. The van der Waals surface area contributed by atoms with Crippen molar-refractivity contribution >= 4 is 34.0 Å². The first kappa shape index (κ1) is 25.5. The van der Waals surface area contributed by atoms with E-state index < -0.39 is 5.91 Å². The smallest absolute Gasteiger partial charge is 0.259 e. The van der Waals surface area contributed by atoms with Crippen molar-refractivity contribution in [3.8, 4) is 17.6 Å². The van der Waals surface area contributed by atoms with Crippen molar-refractivity contribution in [2.24, 2.45) is 5.10 Å². The highest BCUT2D eigenvalue weighted by Gasteiger charge is 2.07. The predicted molar refractivity (Wildman–Crippen MR) is 135 cm³/mol. The van der Waals surface area contributed by atoms with E-state index in [1.54, 1.807) is 61.7 Å². The lowest BCUT2D eigenvalue weighted by molar-refractivity contribution is -0.125. The predicted octanol–water partition coefficient (Wildman–Crippen LogP) is 3.72. The maximum atomic E-state index is 12.0. The standard InChI is InChI=1S/C26H23BrN4O4/c1-34-22-9-6-18(7-10-22)13-25(32)29-16-26(33)31-30-15-19-8-11-24(23(27)12-19)35-17-21-5-3-2-4-20(21)14-28/h2-12,15H,13,16-17H2,1H3,(H,29,32)(H,31,33)/b30-15-. The average Bonchev–Trinajstić information content (AvgIpc) is 2.87. The molecular formula is C26H23BrN4O4. The summed E-state index contributed by atoms with van der Waals surface area (Å²) >= 11 is 3.46. The van der Waals surface area contributed by atoms with Crippen LogP contribution in [0.3, 0.4) is 0 Å². The third-order valence-corrected chi connectivity index (χ3v) is 5.47. The van der Waals surface area contributed by atoms with Gasteiger partial charge in [0.25, 0.3) is 5.91 Å². The molecule has 178 valence electrons. The van der Waals surface area contributed by atoms with Gasteiger partial charge in [0.2, 0.25) is 5.91 Å². The minimum atomic E-state index is -0.445. The van der Waals surface area contributed by atoms with Gasteiger partial charge in [0.05, 0.1) is 42.4 Å². The highest BCUT2D eigenvalue weighted by Crippen LogP contribution is 2.26. The van der Waals surface area contributed by atoms with E-state index in [0.29, 0.717) is 21.5 Å². The van der Waals surface area contributed by atoms with Crippen molar-refractivity contribution < 1.29 is 19.1 Å². The summed E-state index contributed by atoms with van der Waals surface area (Å²) < 4.78 is 11.6. The zero-order valence-electron chi connectivity index (χ0n) is 19.0. The van der Waals surface area contributed by atoms with Crippen molar-refractivity contribution in [2.45, 2.75) is 13.0 Å². The third kappa shape index (κ3) is 7.98. The molecule has 3 aromatic carbocycles. The molecule has 0 saturated carbocycles. The zero-order valence-corrected chi connectivity index (χ0v) is 20.5. The van der Waals surface area contributed by atoms with Gasteiger partial charge in [-0.25, -0.2) is 5.43 Å². The molecule has 0 atom stereocenters. The number of halogens is 1. The van der Waals surface area contributed by atoms with Crippen LogP contribution in [0.25, 0.3) is 0 Å². The van der Waals surface area contributed by atoms with Gasteiger partial charge >= 0.3 is 0 Å². The number of nitrogens with zero attached hydrogens (tertiary/aromatic N) is 2. The molecule has 0 bridgehead atoms. The van der Waals surface area contributed by atoms with E-state index in [4.69, 9.17) is 9.47 Å². The summed E-state index contributed by atoms with van der Waals surface area (Å²) in [6.45, 7) is 0.0724. The lowest BCUT2D eigenvalue weighted by Crippen LogP contribution is -2.35. The van der Waals surface area contributed by atoms with E-state index in [2.05, 4.69) is 37.8 Å². The van der Waals surface area contributed by atoms with Crippen molar-refractivity contribution in [3.05, 3.63) is 93.5 Å². The Bertz CT molecular complexity index is 1250. The van der Waals surface area contributed by atoms with Gasteiger partial charge in [0.15, 0.2) is 0 Å². The van der Waals surface area contributed by atoms with Gasteiger partial charge in [-0.3, -0.25) is 9.59 Å². The number of amides is 2. The van der Waals surface area contributed by atoms with Gasteiger partial charge in [0.1, 0.15) is 18.1 Å². The van der Waals surface area contributed by atoms with Crippen LogP contribution in [-0.4, -0.2) is 31.7 Å². The first-order chi connectivity index (χ1) is 17.0. The van der Waals surface area contributed by atoms with E-state index in [-0.39, 0.29) is 25.5 Å². The maximum Gasteiger partial charge on any atom is 0.259 e. The van der Waals surface area contributed by atoms with E-state index >= 15 is 0 Å². The quantitative estimate of drug-likeness (QED) is 0.304. The zero-order chi connectivity index (χ0) is 25.0. The van der Waals surface area contributed by atoms with Crippen molar-refractivity contribution in [1.82, 2.24) is 10.7 Å². The number of benzene rings is 3. The molecule has 0 spiro atoms. The summed E-state index contributed by atoms with van der Waals surface area (Å²) in [4.78, 5) is 24.0. The molecule has 0 saturated heterocycles. The molecule has 0 aliphatic rings. The van der Waals surface area contributed by atoms with E-state index in [9.17, 15) is 14.9 Å². The molecule has 0 unspecified atom stereocenters. The molecule has 2 N–H and O–H groups in total. The molecular weight excluding hydrogens is 512 g/mol. The number of hydrogen-bond donors (Lipinski definition) is 2. The van der Waals surface area contributed by atoms with E-state index in [1.807, 2.05) is 12.1 Å². The molecule has 3 aromatic rings. The number of nitrogens with one attached hydrogen (secondary N) is 2. The van der Waals surface area contributed by atoms with Gasteiger partial charge in [-0.1, -0.05) is 30.3 Å². The molecule has 0 aromatic heterocycles. The first-order valence-corrected chi connectivity index (χ1v) is 11.4. The van der Waals surface area contributed by atoms with Crippen LogP contribution in [0.15, 0.2) is 76.3 Å². The van der Waals surface area contributed by atoms with Crippen LogP contribution in [0.5, 0.6) is 11.5 Å². The van der Waals surface area contributed by atoms with Gasteiger partial charge < -0.3 is 14.8 Å². The second-order valence-electron chi connectivity index (χ2n) is 7.34. The SMILES string of the molecule is COc1ccc(CC(=O)NCC(=O)N/N=C\c2ccc(OCc3ccccc3C#N)c(Br)c2)cc1. The normalized spacial score (nSPS) is 10.4. The Morgan fingerprint density at radius 2 is 1.86 bits per heavy atom. The summed E-state index contributed by atoms with van der Waals surface area (Å²) in [5.74, 6) is 0.603. The first-order valence-electron chi connectivity index (χ1n) is 10.6. The summed E-state index contributed by atoms with van der Waals surface area (Å²) in [5, 5.41) is 15.7. The fourth-order valence-corrected chi connectivity index (χ4v) is 3.52. The third-order valence-electron chi connectivity index (χ3n) is 4.85. The number of carbonyl (C=O) groups excluding carboxylic acids is 2. The molecule has 0 aliphatic heterocycles. The Morgan fingerprint density at radius 1 is 1.09 bits per heavy atom. The molecule has 0 aliphatic carbocycles. The number of ether oxygens (including phenoxy) is 2. The van der Waals surface area contributed by atoms with Crippen LogP contribution >= 0.6 is 15.9 Å². The van der Waals surface area contributed by atoms with Gasteiger partial charge in [-0.15, -0.1) is 0 Å². The highest BCUT2D eigenvalue weighted by molar-refractivity contribution is 9.10. The van der Waals surface area contributed by atoms with Gasteiger partial charge in [-0.05, 0) is 63.5 Å². The fourth-order valence-electron chi connectivity index (χ4n) is 3.01. The molecule has 8 nitrogen and oxygen atoms in total. The minimum Gasteiger partial charge on any atom is -0.497 e. The Kier molecular flexibility index (Phi) is 9.39. The van der Waals surface area contributed by atoms with E-state index in [0.717, 1.165) is 16.7 Å². The lowest BCUT2D eigenvalue weighted by atomic mass is 10.1. The molecule has 9 heteroatoms. The average molecular weight is 535 g/mol. The maximum absolute atomic E-state index is 12.0. The summed E-state index contributed by atoms with van der Waals surface area (Å²) in [6, 6.07) is 21.9. The van der Waals surface area contributed by atoms with Gasteiger partial charge in [0, 0.05) is 5.56 Å². The second-order valence-corrected chi connectivity index (χ2v) is 8.20.